The largest absolute Gasteiger partial charge is 0.372 e. The molecule has 19 heavy (non-hydrogen) atoms. The van der Waals surface area contributed by atoms with Gasteiger partial charge in [-0.2, -0.15) is 0 Å². The van der Waals surface area contributed by atoms with E-state index in [9.17, 15) is 0 Å². The van der Waals surface area contributed by atoms with E-state index in [-0.39, 0.29) is 6.04 Å². The van der Waals surface area contributed by atoms with Crippen molar-refractivity contribution in [2.75, 3.05) is 18.0 Å². The lowest BCUT2D eigenvalue weighted by Crippen LogP contribution is -2.25. The van der Waals surface area contributed by atoms with Gasteiger partial charge in [-0.15, -0.1) is 0 Å². The quantitative estimate of drug-likeness (QED) is 0.900. The van der Waals surface area contributed by atoms with Crippen LogP contribution < -0.4 is 10.6 Å². The van der Waals surface area contributed by atoms with E-state index >= 15 is 0 Å². The molecular weight excluding hydrogens is 232 g/mol. The van der Waals surface area contributed by atoms with E-state index < -0.39 is 0 Å². The first-order valence-electron chi connectivity index (χ1n) is 7.56. The van der Waals surface area contributed by atoms with Crippen LogP contribution >= 0.6 is 0 Å². The predicted molar refractivity (Wildman–Crippen MR) is 83.6 cm³/mol. The highest BCUT2D eigenvalue weighted by atomic mass is 15.1. The number of nitrogens with zero attached hydrogens (tertiary/aromatic N) is 1. The van der Waals surface area contributed by atoms with E-state index in [4.69, 9.17) is 5.73 Å². The molecule has 1 aliphatic rings. The highest BCUT2D eigenvalue weighted by molar-refractivity contribution is 5.47. The summed E-state index contributed by atoms with van der Waals surface area (Å²) < 4.78 is 0. The zero-order valence-electron chi connectivity index (χ0n) is 12.7. The van der Waals surface area contributed by atoms with Gasteiger partial charge in [0.05, 0.1) is 0 Å². The molecule has 0 spiro atoms. The minimum Gasteiger partial charge on any atom is -0.372 e. The summed E-state index contributed by atoms with van der Waals surface area (Å²) in [6.07, 6.45) is 4.89. The molecule has 0 bridgehead atoms. The summed E-state index contributed by atoms with van der Waals surface area (Å²) in [7, 11) is 0. The van der Waals surface area contributed by atoms with Gasteiger partial charge in [0.25, 0.3) is 0 Å². The molecule has 0 aliphatic carbocycles. The van der Waals surface area contributed by atoms with Crippen molar-refractivity contribution in [3.63, 3.8) is 0 Å². The van der Waals surface area contributed by atoms with Crippen molar-refractivity contribution >= 4 is 5.69 Å². The molecule has 1 aromatic rings. The van der Waals surface area contributed by atoms with Gasteiger partial charge < -0.3 is 10.6 Å². The first-order valence-corrected chi connectivity index (χ1v) is 7.56. The molecule has 1 aromatic carbocycles. The summed E-state index contributed by atoms with van der Waals surface area (Å²) >= 11 is 0. The summed E-state index contributed by atoms with van der Waals surface area (Å²) in [5.74, 6) is 0. The summed E-state index contributed by atoms with van der Waals surface area (Å²) in [4.78, 5) is 2.53. The maximum Gasteiger partial charge on any atom is 0.0366 e. The molecule has 0 aromatic heterocycles. The highest BCUT2D eigenvalue weighted by Crippen LogP contribution is 2.31. The zero-order valence-corrected chi connectivity index (χ0v) is 12.7. The SMILES string of the molecule is CC(N)Cc1ccc(N2CCCC(C)(C)CC2)cc1. The van der Waals surface area contributed by atoms with Crippen molar-refractivity contribution in [2.45, 2.75) is 52.5 Å². The Balaban J connectivity index is 2.01. The molecule has 1 unspecified atom stereocenters. The molecule has 106 valence electrons. The van der Waals surface area contributed by atoms with Crippen LogP contribution in [0.2, 0.25) is 0 Å². The Morgan fingerprint density at radius 1 is 1.16 bits per heavy atom. The average Bonchev–Trinajstić information content (AvgIpc) is 2.51. The molecule has 1 heterocycles. The third-order valence-electron chi connectivity index (χ3n) is 4.20. The molecule has 0 saturated carbocycles. The normalized spacial score (nSPS) is 20.9. The van der Waals surface area contributed by atoms with Gasteiger partial charge in [0.15, 0.2) is 0 Å². The Morgan fingerprint density at radius 3 is 2.47 bits per heavy atom. The minimum atomic E-state index is 0.241. The number of anilines is 1. The average molecular weight is 260 g/mol. The van der Waals surface area contributed by atoms with Crippen molar-refractivity contribution in [3.05, 3.63) is 29.8 Å². The lowest BCUT2D eigenvalue weighted by molar-refractivity contribution is 0.325. The summed E-state index contributed by atoms with van der Waals surface area (Å²) in [6, 6.07) is 9.22. The fraction of sp³-hybridized carbons (Fsp3) is 0.647. The van der Waals surface area contributed by atoms with Crippen molar-refractivity contribution in [2.24, 2.45) is 11.1 Å². The zero-order chi connectivity index (χ0) is 13.9. The number of nitrogens with two attached hydrogens (primary N) is 1. The van der Waals surface area contributed by atoms with Gasteiger partial charge in [0.1, 0.15) is 0 Å². The Hall–Kier alpha value is -1.02. The smallest absolute Gasteiger partial charge is 0.0366 e. The van der Waals surface area contributed by atoms with Gasteiger partial charge in [-0.25, -0.2) is 0 Å². The number of benzene rings is 1. The van der Waals surface area contributed by atoms with Crippen molar-refractivity contribution in [1.82, 2.24) is 0 Å². The fourth-order valence-corrected chi connectivity index (χ4v) is 2.90. The first-order chi connectivity index (χ1) is 8.96. The molecule has 2 rings (SSSR count). The molecule has 2 N–H and O–H groups in total. The second-order valence-electron chi connectivity index (χ2n) is 6.85. The van der Waals surface area contributed by atoms with Crippen LogP contribution in [0.4, 0.5) is 5.69 Å². The van der Waals surface area contributed by atoms with Crippen molar-refractivity contribution in [1.29, 1.82) is 0 Å². The van der Waals surface area contributed by atoms with E-state index in [1.165, 1.54) is 43.6 Å². The van der Waals surface area contributed by atoms with E-state index in [0.717, 1.165) is 6.42 Å². The Labute approximate surface area is 118 Å². The highest BCUT2D eigenvalue weighted by Gasteiger charge is 2.22. The summed E-state index contributed by atoms with van der Waals surface area (Å²) in [5.41, 5.74) is 9.06. The molecule has 2 heteroatoms. The molecule has 0 amide bonds. The van der Waals surface area contributed by atoms with E-state index in [0.29, 0.717) is 5.41 Å². The van der Waals surface area contributed by atoms with Crippen LogP contribution in [0.3, 0.4) is 0 Å². The molecule has 1 saturated heterocycles. The lowest BCUT2D eigenvalue weighted by atomic mass is 9.85. The summed E-state index contributed by atoms with van der Waals surface area (Å²) in [6.45, 7) is 9.21. The van der Waals surface area contributed by atoms with Crippen LogP contribution in [0.5, 0.6) is 0 Å². The molecule has 2 nitrogen and oxygen atoms in total. The van der Waals surface area contributed by atoms with Gasteiger partial charge >= 0.3 is 0 Å². The van der Waals surface area contributed by atoms with Crippen LogP contribution in [-0.2, 0) is 6.42 Å². The van der Waals surface area contributed by atoms with Crippen LogP contribution in [0, 0.1) is 5.41 Å². The van der Waals surface area contributed by atoms with Crippen molar-refractivity contribution in [3.8, 4) is 0 Å². The third-order valence-corrected chi connectivity index (χ3v) is 4.20. The Bertz CT molecular complexity index is 392. The van der Waals surface area contributed by atoms with Crippen LogP contribution in [0.15, 0.2) is 24.3 Å². The Morgan fingerprint density at radius 2 is 1.84 bits per heavy atom. The predicted octanol–water partition coefficient (Wildman–Crippen LogP) is 3.59. The molecule has 1 aliphatic heterocycles. The standard InChI is InChI=1S/C17H28N2/c1-14(18)13-15-5-7-16(8-6-15)19-11-4-9-17(2,3)10-12-19/h5-8,14H,4,9-13,18H2,1-3H3. The van der Waals surface area contributed by atoms with Crippen LogP contribution in [0.25, 0.3) is 0 Å². The van der Waals surface area contributed by atoms with Gasteiger partial charge in [0.2, 0.25) is 0 Å². The van der Waals surface area contributed by atoms with E-state index in [1.807, 2.05) is 0 Å². The second kappa shape index (κ2) is 5.96. The lowest BCUT2D eigenvalue weighted by Gasteiger charge is -2.25. The number of hydrogen-bond acceptors (Lipinski definition) is 2. The minimum absolute atomic E-state index is 0.241. The van der Waals surface area contributed by atoms with Gasteiger partial charge in [-0.1, -0.05) is 26.0 Å². The fourth-order valence-electron chi connectivity index (χ4n) is 2.90. The Kier molecular flexibility index (Phi) is 4.51. The van der Waals surface area contributed by atoms with Crippen molar-refractivity contribution < 1.29 is 0 Å². The molecule has 1 atom stereocenters. The first kappa shape index (κ1) is 14.4. The third kappa shape index (κ3) is 4.24. The molecule has 0 radical (unpaired) electrons. The van der Waals surface area contributed by atoms with Gasteiger partial charge in [-0.3, -0.25) is 0 Å². The number of rotatable bonds is 3. The van der Waals surface area contributed by atoms with Gasteiger partial charge in [-0.05, 0) is 55.7 Å². The maximum absolute atomic E-state index is 5.85. The second-order valence-corrected chi connectivity index (χ2v) is 6.85. The van der Waals surface area contributed by atoms with E-state index in [2.05, 4.69) is 49.9 Å². The van der Waals surface area contributed by atoms with Crippen LogP contribution in [0.1, 0.15) is 45.6 Å². The molecular formula is C17H28N2. The van der Waals surface area contributed by atoms with E-state index in [1.54, 1.807) is 0 Å². The van der Waals surface area contributed by atoms with Gasteiger partial charge in [0, 0.05) is 24.8 Å². The molecule has 1 fully saturated rings. The number of hydrogen-bond donors (Lipinski definition) is 1. The maximum atomic E-state index is 5.85. The van der Waals surface area contributed by atoms with Crippen LogP contribution in [-0.4, -0.2) is 19.1 Å². The summed E-state index contributed by atoms with van der Waals surface area (Å²) in [5, 5.41) is 0. The monoisotopic (exact) mass is 260 g/mol. The topological polar surface area (TPSA) is 29.3 Å².